The number of hydrogen-bond acceptors (Lipinski definition) is 3. The van der Waals surface area contributed by atoms with Crippen molar-refractivity contribution in [1.29, 1.82) is 0 Å². The van der Waals surface area contributed by atoms with Gasteiger partial charge in [-0.3, -0.25) is 9.59 Å². The molecular formula is C13H8O2S. The van der Waals surface area contributed by atoms with Crippen LogP contribution in [-0.2, 0) is 0 Å². The molecule has 16 heavy (non-hydrogen) atoms. The van der Waals surface area contributed by atoms with Gasteiger partial charge in [0.25, 0.3) is 0 Å². The van der Waals surface area contributed by atoms with Gasteiger partial charge in [-0.25, -0.2) is 0 Å². The summed E-state index contributed by atoms with van der Waals surface area (Å²) in [6.07, 6.45) is 0. The molecule has 3 heteroatoms. The highest BCUT2D eigenvalue weighted by Crippen LogP contribution is 2.41. The number of thiophene rings is 1. The van der Waals surface area contributed by atoms with Gasteiger partial charge in [-0.2, -0.15) is 0 Å². The van der Waals surface area contributed by atoms with Crippen molar-refractivity contribution in [1.82, 2.24) is 0 Å². The van der Waals surface area contributed by atoms with Crippen molar-refractivity contribution in [2.24, 2.45) is 0 Å². The van der Waals surface area contributed by atoms with Crippen molar-refractivity contribution in [3.63, 3.8) is 0 Å². The van der Waals surface area contributed by atoms with Gasteiger partial charge >= 0.3 is 0 Å². The highest BCUT2D eigenvalue weighted by molar-refractivity contribution is 7.16. The predicted octanol–water partition coefficient (Wildman–Crippen LogP) is 2.63. The maximum Gasteiger partial charge on any atom is 0.195 e. The molecule has 1 aliphatic carbocycles. The van der Waals surface area contributed by atoms with Crippen LogP contribution in [0.5, 0.6) is 0 Å². The molecule has 1 heterocycles. The Hall–Kier alpha value is -1.74. The Morgan fingerprint density at radius 1 is 1.00 bits per heavy atom. The monoisotopic (exact) mass is 228 g/mol. The Balaban J connectivity index is 2.43. The summed E-state index contributed by atoms with van der Waals surface area (Å²) < 4.78 is 0. The van der Waals surface area contributed by atoms with Crippen LogP contribution in [0, 0.1) is 6.92 Å². The lowest BCUT2D eigenvalue weighted by atomic mass is 10.1. The maximum absolute atomic E-state index is 12.1. The third kappa shape index (κ3) is 1.18. The van der Waals surface area contributed by atoms with E-state index >= 15 is 0 Å². The zero-order valence-electron chi connectivity index (χ0n) is 8.61. The van der Waals surface area contributed by atoms with Crippen LogP contribution in [0.2, 0.25) is 0 Å². The van der Waals surface area contributed by atoms with Crippen LogP contribution in [0.1, 0.15) is 20.8 Å². The number of fused-ring (bicyclic) bond motifs is 3. The van der Waals surface area contributed by atoms with E-state index in [4.69, 9.17) is 0 Å². The summed E-state index contributed by atoms with van der Waals surface area (Å²) >= 11 is 1.60. The molecule has 0 atom stereocenters. The molecule has 78 valence electrons. The minimum atomic E-state index is -0.124. The molecule has 0 unspecified atom stereocenters. The average Bonchev–Trinajstić information content (AvgIpc) is 2.62. The van der Waals surface area contributed by atoms with E-state index in [0.717, 1.165) is 20.9 Å². The third-order valence-corrected chi connectivity index (χ3v) is 3.77. The number of aryl methyl sites for hydroxylation is 1. The standard InChI is InChI=1S/C13H8O2S/c1-7-5-11-12(15)10-6-8(14)3-2-4-9(10)13(11)16-7/h2-6H,1H3. The third-order valence-electron chi connectivity index (χ3n) is 2.69. The predicted molar refractivity (Wildman–Crippen MR) is 64.2 cm³/mol. The smallest absolute Gasteiger partial charge is 0.195 e. The number of hydrogen-bond donors (Lipinski definition) is 0. The van der Waals surface area contributed by atoms with E-state index in [-0.39, 0.29) is 11.2 Å². The number of ketones is 1. The first-order valence-electron chi connectivity index (χ1n) is 4.97. The van der Waals surface area contributed by atoms with Crippen molar-refractivity contribution in [2.75, 3.05) is 0 Å². The molecule has 0 saturated carbocycles. The number of carbonyl (C=O) groups excluding carboxylic acids is 1. The van der Waals surface area contributed by atoms with Crippen LogP contribution in [0.4, 0.5) is 0 Å². The summed E-state index contributed by atoms with van der Waals surface area (Å²) in [5, 5.41) is 0. The molecule has 1 aromatic heterocycles. The Morgan fingerprint density at radius 2 is 1.81 bits per heavy atom. The van der Waals surface area contributed by atoms with Gasteiger partial charge < -0.3 is 0 Å². The van der Waals surface area contributed by atoms with Crippen molar-refractivity contribution >= 4 is 17.1 Å². The Labute approximate surface area is 96.2 Å². The summed E-state index contributed by atoms with van der Waals surface area (Å²) in [6.45, 7) is 1.98. The van der Waals surface area contributed by atoms with Gasteiger partial charge in [0, 0.05) is 26.4 Å². The molecule has 2 nitrogen and oxygen atoms in total. The highest BCUT2D eigenvalue weighted by atomic mass is 32.1. The fourth-order valence-corrected chi connectivity index (χ4v) is 3.06. The Bertz CT molecular complexity index is 668. The topological polar surface area (TPSA) is 34.1 Å². The summed E-state index contributed by atoms with van der Waals surface area (Å²) in [4.78, 5) is 25.5. The molecule has 0 bridgehead atoms. The van der Waals surface area contributed by atoms with Gasteiger partial charge in [-0.05, 0) is 25.1 Å². The van der Waals surface area contributed by atoms with Crippen molar-refractivity contribution in [2.45, 2.75) is 6.92 Å². The second kappa shape index (κ2) is 3.12. The zero-order chi connectivity index (χ0) is 11.3. The van der Waals surface area contributed by atoms with Gasteiger partial charge in [0.15, 0.2) is 11.2 Å². The molecule has 1 aliphatic rings. The molecule has 2 aromatic rings. The van der Waals surface area contributed by atoms with Crippen molar-refractivity contribution in [3.8, 4) is 10.4 Å². The molecule has 0 fully saturated rings. The number of carbonyl (C=O) groups is 1. The van der Waals surface area contributed by atoms with Gasteiger partial charge in [0.2, 0.25) is 0 Å². The quantitative estimate of drug-likeness (QED) is 0.592. The summed E-state index contributed by atoms with van der Waals surface area (Å²) in [7, 11) is 0. The summed E-state index contributed by atoms with van der Waals surface area (Å²) in [6, 6.07) is 8.35. The molecule has 0 radical (unpaired) electrons. The molecule has 0 N–H and O–H groups in total. The fraction of sp³-hybridized carbons (Fsp3) is 0.0769. The molecule has 0 spiro atoms. The lowest BCUT2D eigenvalue weighted by molar-refractivity contribution is 0.104. The minimum absolute atomic E-state index is 0.0253. The van der Waals surface area contributed by atoms with E-state index in [1.54, 1.807) is 17.4 Å². The van der Waals surface area contributed by atoms with Crippen LogP contribution in [-0.4, -0.2) is 5.78 Å². The van der Waals surface area contributed by atoms with Crippen molar-refractivity contribution in [3.05, 3.63) is 56.6 Å². The van der Waals surface area contributed by atoms with Crippen LogP contribution < -0.4 is 5.43 Å². The fourth-order valence-electron chi connectivity index (χ4n) is 2.01. The van der Waals surface area contributed by atoms with Crippen LogP contribution in [0.15, 0.2) is 35.1 Å². The number of rotatable bonds is 0. The average molecular weight is 228 g/mol. The van der Waals surface area contributed by atoms with Crippen LogP contribution >= 0.6 is 11.3 Å². The lowest BCUT2D eigenvalue weighted by Gasteiger charge is -1.90. The van der Waals surface area contributed by atoms with Crippen molar-refractivity contribution < 1.29 is 4.79 Å². The Kier molecular flexibility index (Phi) is 1.85. The highest BCUT2D eigenvalue weighted by Gasteiger charge is 2.28. The Morgan fingerprint density at radius 3 is 2.62 bits per heavy atom. The van der Waals surface area contributed by atoms with Gasteiger partial charge in [-0.1, -0.05) is 12.1 Å². The second-order valence-corrected chi connectivity index (χ2v) is 5.09. The van der Waals surface area contributed by atoms with Gasteiger partial charge in [0.05, 0.1) is 0 Å². The second-order valence-electron chi connectivity index (χ2n) is 3.83. The summed E-state index contributed by atoms with van der Waals surface area (Å²) in [5.41, 5.74) is 2.04. The normalized spacial score (nSPS) is 12.4. The largest absolute Gasteiger partial charge is 0.290 e. The van der Waals surface area contributed by atoms with Gasteiger partial charge in [-0.15, -0.1) is 11.3 Å². The first-order valence-corrected chi connectivity index (χ1v) is 5.78. The first-order chi connectivity index (χ1) is 7.66. The molecular weight excluding hydrogens is 220 g/mol. The SMILES string of the molecule is Cc1cc2c(s1)-c1cccc(=O)cc1C2=O. The van der Waals surface area contributed by atoms with Gasteiger partial charge in [0.1, 0.15) is 0 Å². The first kappa shape index (κ1) is 9.48. The van der Waals surface area contributed by atoms with E-state index in [9.17, 15) is 9.59 Å². The van der Waals surface area contributed by atoms with Crippen LogP contribution in [0.25, 0.3) is 10.4 Å². The summed E-state index contributed by atoms with van der Waals surface area (Å²) in [5.74, 6) is -0.0253. The van der Waals surface area contributed by atoms with E-state index in [2.05, 4.69) is 0 Å². The van der Waals surface area contributed by atoms with E-state index in [1.807, 2.05) is 19.1 Å². The molecule has 3 rings (SSSR count). The zero-order valence-corrected chi connectivity index (χ0v) is 9.43. The maximum atomic E-state index is 12.1. The minimum Gasteiger partial charge on any atom is -0.290 e. The molecule has 0 saturated heterocycles. The van der Waals surface area contributed by atoms with E-state index in [1.165, 1.54) is 12.1 Å². The molecule has 0 aliphatic heterocycles. The van der Waals surface area contributed by atoms with E-state index < -0.39 is 0 Å². The lowest BCUT2D eigenvalue weighted by Crippen LogP contribution is -1.98. The van der Waals surface area contributed by atoms with Crippen LogP contribution in [0.3, 0.4) is 0 Å². The van der Waals surface area contributed by atoms with E-state index in [0.29, 0.717) is 5.56 Å². The molecule has 1 aromatic carbocycles. The molecule has 0 amide bonds.